The monoisotopic (exact) mass is 338 g/mol. The highest BCUT2D eigenvalue weighted by atomic mass is 16.2. The van der Waals surface area contributed by atoms with Crippen molar-refractivity contribution in [2.45, 2.75) is 32.2 Å². The Morgan fingerprint density at radius 3 is 2.80 bits per heavy atom. The lowest BCUT2D eigenvalue weighted by Crippen LogP contribution is -2.35. The van der Waals surface area contributed by atoms with Gasteiger partial charge in [-0.1, -0.05) is 6.07 Å². The molecule has 2 heterocycles. The smallest absolute Gasteiger partial charge is 0.253 e. The Kier molecular flexibility index (Phi) is 4.57. The van der Waals surface area contributed by atoms with Crippen LogP contribution >= 0.6 is 0 Å². The SMILES string of the molecule is Cn1cc(CN2CCCN(C(=O)c3ccc4c(c3)CCC4)CC2)cn1. The third-order valence-corrected chi connectivity index (χ3v) is 5.39. The third-order valence-electron chi connectivity index (χ3n) is 5.39. The zero-order valence-electron chi connectivity index (χ0n) is 14.9. The summed E-state index contributed by atoms with van der Waals surface area (Å²) in [5.41, 5.74) is 4.90. The van der Waals surface area contributed by atoms with Gasteiger partial charge in [0.05, 0.1) is 6.20 Å². The molecule has 5 heteroatoms. The Morgan fingerprint density at radius 1 is 1.08 bits per heavy atom. The van der Waals surface area contributed by atoms with Crippen LogP contribution in [0.2, 0.25) is 0 Å². The van der Waals surface area contributed by atoms with E-state index in [0.29, 0.717) is 0 Å². The molecule has 132 valence electrons. The van der Waals surface area contributed by atoms with Crippen molar-refractivity contribution in [3.63, 3.8) is 0 Å². The molecule has 1 aliphatic carbocycles. The van der Waals surface area contributed by atoms with E-state index in [0.717, 1.165) is 57.5 Å². The van der Waals surface area contributed by atoms with Gasteiger partial charge in [-0.25, -0.2) is 0 Å². The summed E-state index contributed by atoms with van der Waals surface area (Å²) in [6, 6.07) is 6.30. The van der Waals surface area contributed by atoms with Crippen LogP contribution in [0.3, 0.4) is 0 Å². The van der Waals surface area contributed by atoms with Crippen molar-refractivity contribution >= 4 is 5.91 Å². The fourth-order valence-corrected chi connectivity index (χ4v) is 4.03. The summed E-state index contributed by atoms with van der Waals surface area (Å²) in [4.78, 5) is 17.4. The molecular weight excluding hydrogens is 312 g/mol. The molecule has 1 aliphatic heterocycles. The number of amides is 1. The van der Waals surface area contributed by atoms with E-state index < -0.39 is 0 Å². The molecule has 1 aromatic heterocycles. The summed E-state index contributed by atoms with van der Waals surface area (Å²) in [7, 11) is 1.95. The molecule has 2 aliphatic rings. The van der Waals surface area contributed by atoms with E-state index in [1.807, 2.05) is 28.9 Å². The van der Waals surface area contributed by atoms with Crippen molar-refractivity contribution in [1.29, 1.82) is 0 Å². The molecule has 0 spiro atoms. The number of rotatable bonds is 3. The van der Waals surface area contributed by atoms with Crippen LogP contribution in [0.15, 0.2) is 30.6 Å². The first-order chi connectivity index (χ1) is 12.2. The second-order valence-electron chi connectivity index (χ2n) is 7.28. The molecular formula is C20H26N4O. The van der Waals surface area contributed by atoms with Gasteiger partial charge in [-0.15, -0.1) is 0 Å². The molecule has 4 rings (SSSR count). The van der Waals surface area contributed by atoms with Crippen LogP contribution in [-0.4, -0.2) is 51.7 Å². The molecule has 2 aromatic rings. The maximum absolute atomic E-state index is 12.9. The minimum Gasteiger partial charge on any atom is -0.337 e. The normalized spacial score (nSPS) is 18.2. The lowest BCUT2D eigenvalue weighted by molar-refractivity contribution is 0.0761. The maximum Gasteiger partial charge on any atom is 0.253 e. The van der Waals surface area contributed by atoms with Gasteiger partial charge in [0.2, 0.25) is 0 Å². The second-order valence-corrected chi connectivity index (χ2v) is 7.28. The molecule has 0 atom stereocenters. The van der Waals surface area contributed by atoms with E-state index >= 15 is 0 Å². The molecule has 1 aromatic carbocycles. The van der Waals surface area contributed by atoms with Crippen LogP contribution in [0, 0.1) is 0 Å². The quantitative estimate of drug-likeness (QED) is 0.862. The van der Waals surface area contributed by atoms with Crippen LogP contribution in [-0.2, 0) is 26.4 Å². The van der Waals surface area contributed by atoms with Gasteiger partial charge in [0, 0.05) is 57.1 Å². The predicted octanol–water partition coefficient (Wildman–Crippen LogP) is 2.26. The van der Waals surface area contributed by atoms with Gasteiger partial charge in [-0.05, 0) is 48.9 Å². The summed E-state index contributed by atoms with van der Waals surface area (Å²) >= 11 is 0. The topological polar surface area (TPSA) is 41.4 Å². The highest BCUT2D eigenvalue weighted by molar-refractivity contribution is 5.94. The first-order valence-corrected chi connectivity index (χ1v) is 9.30. The van der Waals surface area contributed by atoms with Gasteiger partial charge in [0.25, 0.3) is 5.91 Å². The highest BCUT2D eigenvalue weighted by Crippen LogP contribution is 2.23. The number of aromatic nitrogens is 2. The number of carbonyl (C=O) groups excluding carboxylic acids is 1. The van der Waals surface area contributed by atoms with Gasteiger partial charge in [0.1, 0.15) is 0 Å². The Balaban J connectivity index is 1.39. The van der Waals surface area contributed by atoms with Crippen LogP contribution < -0.4 is 0 Å². The van der Waals surface area contributed by atoms with E-state index in [4.69, 9.17) is 0 Å². The van der Waals surface area contributed by atoms with E-state index in [2.05, 4.69) is 28.3 Å². The van der Waals surface area contributed by atoms with Crippen molar-refractivity contribution in [2.75, 3.05) is 26.2 Å². The third kappa shape index (κ3) is 3.61. The van der Waals surface area contributed by atoms with Crippen molar-refractivity contribution in [2.24, 2.45) is 7.05 Å². The minimum atomic E-state index is 0.193. The van der Waals surface area contributed by atoms with Crippen LogP contribution in [0.1, 0.15) is 39.9 Å². The number of fused-ring (bicyclic) bond motifs is 1. The van der Waals surface area contributed by atoms with Gasteiger partial charge in [0.15, 0.2) is 0 Å². The standard InChI is InChI=1S/C20H26N4O/c1-22-14-16(13-21-22)15-23-8-3-9-24(11-10-23)20(25)19-7-6-17-4-2-5-18(17)12-19/h6-7,12-14H,2-5,8-11,15H2,1H3. The molecule has 0 radical (unpaired) electrons. The molecule has 25 heavy (non-hydrogen) atoms. The van der Waals surface area contributed by atoms with Gasteiger partial charge in [-0.2, -0.15) is 5.10 Å². The Labute approximate surface area is 149 Å². The number of carbonyl (C=O) groups is 1. The average Bonchev–Trinajstić information content (AvgIpc) is 3.17. The fourth-order valence-electron chi connectivity index (χ4n) is 4.03. The first-order valence-electron chi connectivity index (χ1n) is 9.30. The minimum absolute atomic E-state index is 0.193. The lowest BCUT2D eigenvalue weighted by Gasteiger charge is -2.22. The molecule has 1 fully saturated rings. The zero-order chi connectivity index (χ0) is 17.2. The fraction of sp³-hybridized carbons (Fsp3) is 0.500. The lowest BCUT2D eigenvalue weighted by atomic mass is 10.1. The Morgan fingerprint density at radius 2 is 1.96 bits per heavy atom. The van der Waals surface area contributed by atoms with Gasteiger partial charge < -0.3 is 4.90 Å². The van der Waals surface area contributed by atoms with E-state index in [1.54, 1.807) is 0 Å². The number of nitrogens with zero attached hydrogens (tertiary/aromatic N) is 4. The molecule has 0 unspecified atom stereocenters. The maximum atomic E-state index is 12.9. The molecule has 1 saturated heterocycles. The molecule has 0 bridgehead atoms. The first kappa shape index (κ1) is 16.3. The van der Waals surface area contributed by atoms with Crippen molar-refractivity contribution in [3.05, 3.63) is 52.8 Å². The van der Waals surface area contributed by atoms with Gasteiger partial charge >= 0.3 is 0 Å². The van der Waals surface area contributed by atoms with Crippen molar-refractivity contribution < 1.29 is 4.79 Å². The number of hydrogen-bond donors (Lipinski definition) is 0. The summed E-state index contributed by atoms with van der Waals surface area (Å²) in [5.74, 6) is 0.193. The number of hydrogen-bond acceptors (Lipinski definition) is 3. The predicted molar refractivity (Wildman–Crippen MR) is 97.5 cm³/mol. The Bertz CT molecular complexity index is 767. The van der Waals surface area contributed by atoms with Crippen LogP contribution in [0.5, 0.6) is 0 Å². The largest absolute Gasteiger partial charge is 0.337 e. The summed E-state index contributed by atoms with van der Waals surface area (Å²) < 4.78 is 1.84. The average molecular weight is 338 g/mol. The molecule has 5 nitrogen and oxygen atoms in total. The second kappa shape index (κ2) is 7.00. The molecule has 1 amide bonds. The number of aryl methyl sites for hydroxylation is 3. The summed E-state index contributed by atoms with van der Waals surface area (Å²) in [5, 5.41) is 4.24. The summed E-state index contributed by atoms with van der Waals surface area (Å²) in [6.45, 7) is 4.51. The highest BCUT2D eigenvalue weighted by Gasteiger charge is 2.22. The van der Waals surface area contributed by atoms with Gasteiger partial charge in [-0.3, -0.25) is 14.4 Å². The van der Waals surface area contributed by atoms with E-state index in [9.17, 15) is 4.79 Å². The van der Waals surface area contributed by atoms with Crippen LogP contribution in [0.4, 0.5) is 0 Å². The van der Waals surface area contributed by atoms with Crippen molar-refractivity contribution in [3.8, 4) is 0 Å². The Hall–Kier alpha value is -2.14. The van der Waals surface area contributed by atoms with Crippen LogP contribution in [0.25, 0.3) is 0 Å². The van der Waals surface area contributed by atoms with E-state index in [-0.39, 0.29) is 5.91 Å². The zero-order valence-corrected chi connectivity index (χ0v) is 14.9. The van der Waals surface area contributed by atoms with E-state index in [1.165, 1.54) is 23.1 Å². The summed E-state index contributed by atoms with van der Waals surface area (Å²) in [6.07, 6.45) is 8.53. The molecule has 0 saturated carbocycles. The van der Waals surface area contributed by atoms with Crippen molar-refractivity contribution in [1.82, 2.24) is 19.6 Å². The number of benzene rings is 1. The molecule has 0 N–H and O–H groups in total.